The number of aromatic amines is 1. The molecule has 2 aromatic heterocycles. The average Bonchev–Trinajstić information content (AvgIpc) is 2.86. The van der Waals surface area contributed by atoms with Gasteiger partial charge in [0.1, 0.15) is 11.3 Å². The number of rotatable bonds is 5. The Morgan fingerprint density at radius 3 is 2.92 bits per heavy atom. The molecule has 0 bridgehead atoms. The molecule has 0 saturated heterocycles. The predicted molar refractivity (Wildman–Crippen MR) is 94.1 cm³/mol. The van der Waals surface area contributed by atoms with Gasteiger partial charge >= 0.3 is 5.69 Å². The van der Waals surface area contributed by atoms with Crippen molar-refractivity contribution in [2.45, 2.75) is 25.0 Å². The molecule has 126 valence electrons. The monoisotopic (exact) mass is 367 g/mol. The topological polar surface area (TPSA) is 89.6 Å². The summed E-state index contributed by atoms with van der Waals surface area (Å²) in [6.45, 7) is 2.21. The highest BCUT2D eigenvalue weighted by Gasteiger charge is 2.15. The number of fused-ring (bicyclic) bond motifs is 1. The van der Waals surface area contributed by atoms with E-state index in [0.29, 0.717) is 21.9 Å². The number of aromatic nitrogens is 4. The van der Waals surface area contributed by atoms with Gasteiger partial charge in [0.2, 0.25) is 0 Å². The maximum absolute atomic E-state index is 13.6. The third-order valence-electron chi connectivity index (χ3n) is 3.39. The summed E-state index contributed by atoms with van der Waals surface area (Å²) in [5, 5.41) is 0.548. The van der Waals surface area contributed by atoms with Crippen LogP contribution in [0, 0.1) is 5.82 Å². The summed E-state index contributed by atoms with van der Waals surface area (Å²) in [5.74, 6) is 0.536. The number of nitrogens with zero attached hydrogens (tertiary/aromatic N) is 3. The molecule has 1 aromatic carbocycles. The van der Waals surface area contributed by atoms with E-state index in [4.69, 9.17) is 17.3 Å². The lowest BCUT2D eigenvalue weighted by atomic mass is 10.2. The van der Waals surface area contributed by atoms with Gasteiger partial charge in [-0.2, -0.15) is 0 Å². The fraction of sp³-hybridized carbons (Fsp3) is 0.267. The fourth-order valence-corrected chi connectivity index (χ4v) is 3.07. The van der Waals surface area contributed by atoms with E-state index in [-0.39, 0.29) is 23.1 Å². The molecule has 9 heteroatoms. The van der Waals surface area contributed by atoms with Gasteiger partial charge in [-0.05, 0) is 24.1 Å². The molecule has 0 saturated carbocycles. The van der Waals surface area contributed by atoms with Crippen LogP contribution in [0.4, 0.5) is 10.2 Å². The van der Waals surface area contributed by atoms with E-state index in [9.17, 15) is 9.18 Å². The molecule has 0 aliphatic rings. The minimum Gasteiger partial charge on any atom is -0.382 e. The molecule has 6 nitrogen and oxygen atoms in total. The Labute approximate surface area is 146 Å². The van der Waals surface area contributed by atoms with Crippen molar-refractivity contribution in [3.63, 3.8) is 0 Å². The van der Waals surface area contributed by atoms with Crippen LogP contribution in [0.3, 0.4) is 0 Å². The van der Waals surface area contributed by atoms with Gasteiger partial charge in [-0.3, -0.25) is 4.57 Å². The number of nitrogens with two attached hydrogens (primary N) is 1. The van der Waals surface area contributed by atoms with E-state index in [2.05, 4.69) is 21.9 Å². The van der Waals surface area contributed by atoms with E-state index in [0.717, 1.165) is 12.2 Å². The van der Waals surface area contributed by atoms with Crippen LogP contribution in [0.15, 0.2) is 28.2 Å². The molecule has 2 heterocycles. The number of nitrogens with one attached hydrogen (secondary N) is 1. The van der Waals surface area contributed by atoms with Crippen molar-refractivity contribution in [2.75, 3.05) is 11.5 Å². The standard InChI is InChI=1S/C15H15ClFN5OS/c1-2-5-24-14-20-12(18)11-13(21-14)22(15(23)19-11)7-8-3-4-9(16)10(17)6-8/h3-4,6H,2,5,7H2,1H3,(H,19,23)(H2,18,20,21). The zero-order valence-corrected chi connectivity index (χ0v) is 14.4. The highest BCUT2D eigenvalue weighted by molar-refractivity contribution is 7.99. The molecule has 24 heavy (non-hydrogen) atoms. The Balaban J connectivity index is 2.05. The van der Waals surface area contributed by atoms with E-state index in [1.807, 2.05) is 0 Å². The lowest BCUT2D eigenvalue weighted by Gasteiger charge is -2.06. The molecular formula is C15H15ClFN5OS. The van der Waals surface area contributed by atoms with Crippen molar-refractivity contribution in [1.29, 1.82) is 0 Å². The molecule has 0 atom stereocenters. The maximum Gasteiger partial charge on any atom is 0.328 e. The molecule has 3 N–H and O–H groups in total. The molecule has 3 rings (SSSR count). The number of nitrogen functional groups attached to an aromatic ring is 1. The van der Waals surface area contributed by atoms with Crippen molar-refractivity contribution < 1.29 is 4.39 Å². The Morgan fingerprint density at radius 1 is 1.42 bits per heavy atom. The maximum atomic E-state index is 13.6. The summed E-state index contributed by atoms with van der Waals surface area (Å²) < 4.78 is 15.0. The van der Waals surface area contributed by atoms with Gasteiger partial charge in [-0.15, -0.1) is 0 Å². The molecule has 3 aromatic rings. The van der Waals surface area contributed by atoms with Crippen LogP contribution < -0.4 is 11.4 Å². The van der Waals surface area contributed by atoms with Crippen molar-refractivity contribution in [2.24, 2.45) is 0 Å². The quantitative estimate of drug-likeness (QED) is 0.534. The molecule has 0 aliphatic heterocycles. The number of thioether (sulfide) groups is 1. The van der Waals surface area contributed by atoms with Gasteiger partial charge in [0, 0.05) is 5.75 Å². The van der Waals surface area contributed by atoms with Crippen LogP contribution in [0.5, 0.6) is 0 Å². The fourth-order valence-electron chi connectivity index (χ4n) is 2.26. The van der Waals surface area contributed by atoms with Crippen LogP contribution in [0.2, 0.25) is 5.02 Å². The average molecular weight is 368 g/mol. The zero-order valence-electron chi connectivity index (χ0n) is 12.8. The number of hydrogen-bond donors (Lipinski definition) is 2. The summed E-state index contributed by atoms with van der Waals surface area (Å²) in [6.07, 6.45) is 0.968. The highest BCUT2D eigenvalue weighted by atomic mass is 35.5. The molecule has 0 unspecified atom stereocenters. The number of imidazole rings is 1. The van der Waals surface area contributed by atoms with Crippen molar-refractivity contribution in [3.8, 4) is 0 Å². The SMILES string of the molecule is CCCSc1nc(N)c2[nH]c(=O)n(Cc3ccc(Cl)c(F)c3)c2n1. The van der Waals surface area contributed by atoms with Crippen LogP contribution in [-0.2, 0) is 6.54 Å². The summed E-state index contributed by atoms with van der Waals surface area (Å²) >= 11 is 7.16. The first-order valence-corrected chi connectivity index (χ1v) is 8.68. The lowest BCUT2D eigenvalue weighted by Crippen LogP contribution is -2.17. The van der Waals surface area contributed by atoms with Crippen molar-refractivity contribution in [3.05, 3.63) is 45.1 Å². The smallest absolute Gasteiger partial charge is 0.328 e. The second-order valence-electron chi connectivity index (χ2n) is 5.20. The van der Waals surface area contributed by atoms with E-state index in [1.165, 1.54) is 28.5 Å². The molecule has 0 aliphatic carbocycles. The number of benzene rings is 1. The molecule has 0 fully saturated rings. The number of H-pyrrole nitrogens is 1. The van der Waals surface area contributed by atoms with Gasteiger partial charge in [-0.25, -0.2) is 19.2 Å². The predicted octanol–water partition coefficient (Wildman–Crippen LogP) is 3.04. The largest absolute Gasteiger partial charge is 0.382 e. The van der Waals surface area contributed by atoms with E-state index < -0.39 is 5.82 Å². The van der Waals surface area contributed by atoms with Gasteiger partial charge in [0.15, 0.2) is 16.6 Å². The van der Waals surface area contributed by atoms with Gasteiger partial charge in [-0.1, -0.05) is 36.4 Å². The molecule has 0 radical (unpaired) electrons. The first-order chi connectivity index (χ1) is 11.5. The number of halogens is 2. The first kappa shape index (κ1) is 16.8. The third-order valence-corrected chi connectivity index (χ3v) is 4.75. The Kier molecular flexibility index (Phi) is 4.77. The van der Waals surface area contributed by atoms with Crippen LogP contribution in [-0.4, -0.2) is 25.3 Å². The van der Waals surface area contributed by atoms with Gasteiger partial charge in [0.05, 0.1) is 11.6 Å². The number of anilines is 1. The normalized spacial score (nSPS) is 11.3. The van der Waals surface area contributed by atoms with Gasteiger partial charge in [0.25, 0.3) is 0 Å². The van der Waals surface area contributed by atoms with Crippen LogP contribution >= 0.6 is 23.4 Å². The van der Waals surface area contributed by atoms with Crippen LogP contribution in [0.1, 0.15) is 18.9 Å². The summed E-state index contributed by atoms with van der Waals surface area (Å²) in [7, 11) is 0. The second-order valence-corrected chi connectivity index (χ2v) is 6.67. The van der Waals surface area contributed by atoms with Crippen molar-refractivity contribution >= 4 is 40.3 Å². The molecule has 0 spiro atoms. The zero-order chi connectivity index (χ0) is 17.3. The van der Waals surface area contributed by atoms with Crippen LogP contribution in [0.25, 0.3) is 11.2 Å². The number of hydrogen-bond acceptors (Lipinski definition) is 5. The molecular weight excluding hydrogens is 353 g/mol. The summed E-state index contributed by atoms with van der Waals surface area (Å²) in [5.41, 5.74) is 6.93. The summed E-state index contributed by atoms with van der Waals surface area (Å²) in [6, 6.07) is 4.41. The third kappa shape index (κ3) is 3.25. The lowest BCUT2D eigenvalue weighted by molar-refractivity contribution is 0.623. The molecule has 0 amide bonds. The Hall–Kier alpha value is -2.06. The second kappa shape index (κ2) is 6.82. The summed E-state index contributed by atoms with van der Waals surface area (Å²) in [4.78, 5) is 23.5. The minimum absolute atomic E-state index is 0.0369. The van der Waals surface area contributed by atoms with E-state index >= 15 is 0 Å². The highest BCUT2D eigenvalue weighted by Crippen LogP contribution is 2.22. The minimum atomic E-state index is -0.532. The first-order valence-electron chi connectivity index (χ1n) is 7.32. The van der Waals surface area contributed by atoms with Gasteiger partial charge < -0.3 is 10.7 Å². The Bertz CT molecular complexity index is 955. The Morgan fingerprint density at radius 2 is 2.21 bits per heavy atom. The van der Waals surface area contributed by atoms with E-state index in [1.54, 1.807) is 6.07 Å². The van der Waals surface area contributed by atoms with Crippen molar-refractivity contribution in [1.82, 2.24) is 19.5 Å².